The fourth-order valence-corrected chi connectivity index (χ4v) is 3.51. The second-order valence-corrected chi connectivity index (χ2v) is 7.49. The molecule has 0 aromatic heterocycles. The van der Waals surface area contributed by atoms with E-state index in [4.69, 9.17) is 16.3 Å². The molecule has 0 saturated heterocycles. The molecule has 0 fully saturated rings. The molecule has 0 saturated carbocycles. The van der Waals surface area contributed by atoms with Crippen LogP contribution in [0.2, 0.25) is 5.02 Å². The van der Waals surface area contributed by atoms with E-state index in [0.717, 1.165) is 16.0 Å². The van der Waals surface area contributed by atoms with Crippen LogP contribution in [0.4, 0.5) is 5.69 Å². The first-order valence-electron chi connectivity index (χ1n) is 7.81. The van der Waals surface area contributed by atoms with Gasteiger partial charge in [-0.25, -0.2) is 0 Å². The molecule has 2 rings (SSSR count). The van der Waals surface area contributed by atoms with Crippen LogP contribution in [0.5, 0.6) is 0 Å². The first-order chi connectivity index (χ1) is 11.9. The predicted molar refractivity (Wildman–Crippen MR) is 102 cm³/mol. The van der Waals surface area contributed by atoms with Crippen molar-refractivity contribution in [2.24, 2.45) is 0 Å². The number of aryl methyl sites for hydroxylation is 2. The molecule has 0 aliphatic rings. The first-order valence-corrected chi connectivity index (χ1v) is 9.07. The van der Waals surface area contributed by atoms with Gasteiger partial charge in [-0.1, -0.05) is 35.9 Å². The molecule has 1 amide bonds. The summed E-state index contributed by atoms with van der Waals surface area (Å²) >= 11 is 7.54. The van der Waals surface area contributed by atoms with Crippen molar-refractivity contribution in [3.8, 4) is 0 Å². The first kappa shape index (κ1) is 19.3. The topological polar surface area (TPSA) is 55.4 Å². The van der Waals surface area contributed by atoms with Gasteiger partial charge < -0.3 is 10.1 Å². The summed E-state index contributed by atoms with van der Waals surface area (Å²) in [7, 11) is 0. The molecule has 0 heterocycles. The summed E-state index contributed by atoms with van der Waals surface area (Å²) in [4.78, 5) is 25.0. The highest BCUT2D eigenvalue weighted by atomic mass is 35.5. The Labute approximate surface area is 156 Å². The van der Waals surface area contributed by atoms with E-state index in [1.807, 2.05) is 50.2 Å². The summed E-state index contributed by atoms with van der Waals surface area (Å²) in [5.74, 6) is -0.852. The smallest absolute Gasteiger partial charge is 0.319 e. The number of amides is 1. The van der Waals surface area contributed by atoms with E-state index in [9.17, 15) is 9.59 Å². The number of halogens is 1. The normalized spacial score (nSPS) is 11.7. The van der Waals surface area contributed by atoms with Gasteiger partial charge in [0.15, 0.2) is 6.61 Å². The molecule has 0 aliphatic carbocycles. The zero-order valence-electron chi connectivity index (χ0n) is 14.3. The lowest BCUT2D eigenvalue weighted by atomic mass is 10.1. The maximum absolute atomic E-state index is 12.0. The Morgan fingerprint density at radius 1 is 1.20 bits per heavy atom. The number of benzene rings is 2. The summed E-state index contributed by atoms with van der Waals surface area (Å²) in [6, 6.07) is 13.3. The minimum absolute atomic E-state index is 0.345. The monoisotopic (exact) mass is 377 g/mol. The molecule has 2 aromatic carbocycles. The highest BCUT2D eigenvalue weighted by Crippen LogP contribution is 2.27. The Morgan fingerprint density at radius 2 is 1.88 bits per heavy atom. The Kier molecular flexibility index (Phi) is 6.91. The standard InChI is InChI=1S/C19H20ClNO3S/c1-12-9-13(2)18(16(20)10-12)21-17(22)11-24-19(23)14(3)25-15-7-5-4-6-8-15/h4-10,14H,11H2,1-3H3,(H,21,22)/t14-/m0/s1. The van der Waals surface area contributed by atoms with E-state index >= 15 is 0 Å². The van der Waals surface area contributed by atoms with Crippen LogP contribution in [-0.2, 0) is 14.3 Å². The largest absolute Gasteiger partial charge is 0.455 e. The van der Waals surface area contributed by atoms with Crippen LogP contribution in [0.25, 0.3) is 0 Å². The van der Waals surface area contributed by atoms with Gasteiger partial charge in [0.2, 0.25) is 0 Å². The lowest BCUT2D eigenvalue weighted by Crippen LogP contribution is -2.25. The Balaban J connectivity index is 1.86. The number of hydrogen-bond acceptors (Lipinski definition) is 4. The molecule has 0 unspecified atom stereocenters. The van der Waals surface area contributed by atoms with Gasteiger partial charge in [0.05, 0.1) is 10.7 Å². The van der Waals surface area contributed by atoms with Crippen LogP contribution in [0, 0.1) is 13.8 Å². The second-order valence-electron chi connectivity index (χ2n) is 5.67. The molecule has 0 radical (unpaired) electrons. The number of hydrogen-bond donors (Lipinski definition) is 1. The third-order valence-corrected chi connectivity index (χ3v) is 4.82. The van der Waals surface area contributed by atoms with Gasteiger partial charge in [0.1, 0.15) is 5.25 Å². The maximum Gasteiger partial charge on any atom is 0.319 e. The minimum Gasteiger partial charge on any atom is -0.455 e. The molecule has 1 atom stereocenters. The predicted octanol–water partition coefficient (Wildman–Crippen LogP) is 4.62. The number of anilines is 1. The molecule has 6 heteroatoms. The summed E-state index contributed by atoms with van der Waals surface area (Å²) in [5.41, 5.74) is 2.41. The third-order valence-electron chi connectivity index (χ3n) is 3.43. The summed E-state index contributed by atoms with van der Waals surface area (Å²) < 4.78 is 5.10. The van der Waals surface area contributed by atoms with Crippen LogP contribution in [-0.4, -0.2) is 23.7 Å². The lowest BCUT2D eigenvalue weighted by Gasteiger charge is -2.13. The number of carbonyl (C=O) groups excluding carboxylic acids is 2. The third kappa shape index (κ3) is 5.80. The van der Waals surface area contributed by atoms with Crippen LogP contribution >= 0.6 is 23.4 Å². The van der Waals surface area contributed by atoms with Gasteiger partial charge in [0, 0.05) is 4.90 Å². The number of esters is 1. The zero-order valence-corrected chi connectivity index (χ0v) is 15.9. The fourth-order valence-electron chi connectivity index (χ4n) is 2.25. The van der Waals surface area contributed by atoms with Gasteiger partial charge in [-0.15, -0.1) is 11.8 Å². The molecule has 0 aliphatic heterocycles. The van der Waals surface area contributed by atoms with Crippen molar-refractivity contribution in [2.45, 2.75) is 30.9 Å². The quantitative estimate of drug-likeness (QED) is 0.589. The molecule has 0 bridgehead atoms. The van der Waals surface area contributed by atoms with E-state index < -0.39 is 17.1 Å². The zero-order chi connectivity index (χ0) is 18.4. The van der Waals surface area contributed by atoms with Gasteiger partial charge in [0.25, 0.3) is 5.91 Å². The van der Waals surface area contributed by atoms with Gasteiger partial charge in [-0.2, -0.15) is 0 Å². The summed E-state index contributed by atoms with van der Waals surface area (Å²) in [5, 5.41) is 2.76. The number of ether oxygens (including phenoxy) is 1. The maximum atomic E-state index is 12.0. The Hall–Kier alpha value is -1.98. The van der Waals surface area contributed by atoms with Gasteiger partial charge >= 0.3 is 5.97 Å². The van der Waals surface area contributed by atoms with E-state index in [0.29, 0.717) is 10.7 Å². The van der Waals surface area contributed by atoms with Crippen molar-refractivity contribution in [3.63, 3.8) is 0 Å². The Bertz CT molecular complexity index is 742. The van der Waals surface area contributed by atoms with E-state index in [-0.39, 0.29) is 6.61 Å². The summed E-state index contributed by atoms with van der Waals surface area (Å²) in [6.45, 7) is 5.19. The SMILES string of the molecule is Cc1cc(C)c(NC(=O)COC(=O)[C@H](C)Sc2ccccc2)c(Cl)c1. The minimum atomic E-state index is -0.435. The number of nitrogens with one attached hydrogen (secondary N) is 1. The van der Waals surface area contributed by atoms with Crippen molar-refractivity contribution in [1.29, 1.82) is 0 Å². The van der Waals surface area contributed by atoms with E-state index in [2.05, 4.69) is 5.32 Å². The van der Waals surface area contributed by atoms with Gasteiger partial charge in [-0.05, 0) is 50.1 Å². The average molecular weight is 378 g/mol. The van der Waals surface area contributed by atoms with Crippen molar-refractivity contribution in [3.05, 3.63) is 58.6 Å². The molecule has 132 valence electrons. The molecular weight excluding hydrogens is 358 g/mol. The second kappa shape index (κ2) is 8.92. The van der Waals surface area contributed by atoms with Crippen LogP contribution in [0.15, 0.2) is 47.4 Å². The van der Waals surface area contributed by atoms with E-state index in [1.165, 1.54) is 11.8 Å². The van der Waals surface area contributed by atoms with Crippen molar-refractivity contribution in [2.75, 3.05) is 11.9 Å². The van der Waals surface area contributed by atoms with Crippen molar-refractivity contribution >= 4 is 40.9 Å². The molecule has 1 N–H and O–H groups in total. The summed E-state index contributed by atoms with van der Waals surface area (Å²) in [6.07, 6.45) is 0. The average Bonchev–Trinajstić information content (AvgIpc) is 2.56. The van der Waals surface area contributed by atoms with Crippen LogP contribution in [0.3, 0.4) is 0 Å². The molecular formula is C19H20ClNO3S. The highest BCUT2D eigenvalue weighted by Gasteiger charge is 2.18. The number of thioether (sulfide) groups is 1. The molecule has 25 heavy (non-hydrogen) atoms. The fraction of sp³-hybridized carbons (Fsp3) is 0.263. The van der Waals surface area contributed by atoms with Crippen LogP contribution < -0.4 is 5.32 Å². The number of carbonyl (C=O) groups is 2. The van der Waals surface area contributed by atoms with Crippen molar-refractivity contribution in [1.82, 2.24) is 0 Å². The Morgan fingerprint density at radius 3 is 2.52 bits per heavy atom. The molecule has 0 spiro atoms. The lowest BCUT2D eigenvalue weighted by molar-refractivity contribution is -0.146. The van der Waals surface area contributed by atoms with Crippen molar-refractivity contribution < 1.29 is 14.3 Å². The molecule has 2 aromatic rings. The number of rotatable bonds is 6. The van der Waals surface area contributed by atoms with E-state index in [1.54, 1.807) is 13.0 Å². The van der Waals surface area contributed by atoms with Crippen LogP contribution in [0.1, 0.15) is 18.1 Å². The highest BCUT2D eigenvalue weighted by molar-refractivity contribution is 8.00. The molecule has 4 nitrogen and oxygen atoms in total. The van der Waals surface area contributed by atoms with Gasteiger partial charge in [-0.3, -0.25) is 9.59 Å².